The molecular formula is C27H25BrN4O4S. The number of rotatable bonds is 5. The number of amides is 2. The summed E-state index contributed by atoms with van der Waals surface area (Å²) in [6.07, 6.45) is 0. The summed E-state index contributed by atoms with van der Waals surface area (Å²) in [6, 6.07) is 12.0. The molecule has 0 aliphatic carbocycles. The van der Waals surface area contributed by atoms with Gasteiger partial charge in [-0.15, -0.1) is 0 Å². The first-order valence-corrected chi connectivity index (χ1v) is 13.5. The van der Waals surface area contributed by atoms with Crippen LogP contribution in [0.3, 0.4) is 0 Å². The number of methoxy groups -OCH3 is 1. The Bertz CT molecular complexity index is 1670. The maximum Gasteiger partial charge on any atom is 0.271 e. The van der Waals surface area contributed by atoms with Gasteiger partial charge in [-0.2, -0.15) is 0 Å². The topological polar surface area (TPSA) is 93.0 Å². The van der Waals surface area contributed by atoms with Crippen LogP contribution in [0.5, 0.6) is 5.75 Å². The average Bonchev–Trinajstić information content (AvgIpc) is 3.38. The highest BCUT2D eigenvalue weighted by Gasteiger charge is 2.37. The van der Waals surface area contributed by atoms with Crippen molar-refractivity contribution in [2.75, 3.05) is 25.5 Å². The van der Waals surface area contributed by atoms with E-state index in [0.717, 1.165) is 15.8 Å². The van der Waals surface area contributed by atoms with Crippen LogP contribution in [0.25, 0.3) is 5.57 Å². The molecule has 10 heteroatoms. The standard InChI is InChI=1S/C27H25BrN4O4S/c1-5-31(6-2)25(34)20-14(3)29-27-32(22(20)16-9-7-8-10-19(16)36-4)26(35)23(37-27)21-17-13-15(28)11-12-18(17)30-24(21)33/h7-13,22H,5-6H2,1-4H3,(H,30,33)/b23-21+/t22-/m1/s1. The lowest BCUT2D eigenvalue weighted by Crippen LogP contribution is -2.43. The molecule has 1 aromatic heterocycles. The van der Waals surface area contributed by atoms with E-state index in [4.69, 9.17) is 9.73 Å². The first kappa shape index (κ1) is 25.2. The van der Waals surface area contributed by atoms with Crippen molar-refractivity contribution in [3.05, 3.63) is 89.0 Å². The van der Waals surface area contributed by atoms with Crippen LogP contribution in [0, 0.1) is 0 Å². The summed E-state index contributed by atoms with van der Waals surface area (Å²) in [4.78, 5) is 47.8. The Kier molecular flexibility index (Phi) is 6.63. The van der Waals surface area contributed by atoms with Crippen molar-refractivity contribution in [2.45, 2.75) is 26.8 Å². The Balaban J connectivity index is 1.85. The monoisotopic (exact) mass is 580 g/mol. The van der Waals surface area contributed by atoms with Crippen LogP contribution in [0.2, 0.25) is 0 Å². The molecule has 0 saturated heterocycles. The second-order valence-corrected chi connectivity index (χ2v) is 10.5. The van der Waals surface area contributed by atoms with Crippen LogP contribution in [-0.2, 0) is 9.59 Å². The smallest absolute Gasteiger partial charge is 0.271 e. The molecule has 8 nitrogen and oxygen atoms in total. The van der Waals surface area contributed by atoms with Gasteiger partial charge in [-0.1, -0.05) is 45.5 Å². The van der Waals surface area contributed by atoms with E-state index in [-0.39, 0.29) is 21.9 Å². The number of thiazole rings is 1. The van der Waals surface area contributed by atoms with Gasteiger partial charge < -0.3 is 15.0 Å². The van der Waals surface area contributed by atoms with Gasteiger partial charge in [0.25, 0.3) is 17.4 Å². The number of nitrogens with zero attached hydrogens (tertiary/aromatic N) is 3. The predicted molar refractivity (Wildman–Crippen MR) is 146 cm³/mol. The summed E-state index contributed by atoms with van der Waals surface area (Å²) in [5, 5.41) is 2.85. The number of hydrogen-bond donors (Lipinski definition) is 1. The zero-order chi connectivity index (χ0) is 26.4. The van der Waals surface area contributed by atoms with Crippen LogP contribution in [0.1, 0.15) is 37.9 Å². The lowest BCUT2D eigenvalue weighted by Gasteiger charge is -2.29. The third-order valence-corrected chi connectivity index (χ3v) is 8.21. The molecule has 5 rings (SSSR count). The number of anilines is 1. The van der Waals surface area contributed by atoms with E-state index in [1.54, 1.807) is 31.1 Å². The van der Waals surface area contributed by atoms with E-state index < -0.39 is 6.04 Å². The largest absolute Gasteiger partial charge is 0.496 e. The summed E-state index contributed by atoms with van der Waals surface area (Å²) in [7, 11) is 1.56. The van der Waals surface area contributed by atoms with Gasteiger partial charge in [0.2, 0.25) is 0 Å². The molecule has 0 spiro atoms. The summed E-state index contributed by atoms with van der Waals surface area (Å²) in [6.45, 7) is 6.66. The highest BCUT2D eigenvalue weighted by molar-refractivity contribution is 9.10. The van der Waals surface area contributed by atoms with E-state index in [1.165, 1.54) is 4.57 Å². The summed E-state index contributed by atoms with van der Waals surface area (Å²) < 4.78 is 8.24. The first-order chi connectivity index (χ1) is 17.8. The number of nitrogens with one attached hydrogen (secondary N) is 1. The molecule has 1 atom stereocenters. The second kappa shape index (κ2) is 9.75. The van der Waals surface area contributed by atoms with Gasteiger partial charge in [-0.05, 0) is 45.0 Å². The Morgan fingerprint density at radius 3 is 2.62 bits per heavy atom. The number of fused-ring (bicyclic) bond motifs is 2. The molecule has 0 fully saturated rings. The minimum Gasteiger partial charge on any atom is -0.496 e. The van der Waals surface area contributed by atoms with Crippen molar-refractivity contribution < 1.29 is 14.3 Å². The minimum atomic E-state index is -0.763. The van der Waals surface area contributed by atoms with Gasteiger partial charge in [-0.3, -0.25) is 19.0 Å². The molecule has 3 heterocycles. The number of likely N-dealkylation sites (N-methyl/N-ethyl adjacent to an activating group) is 1. The highest BCUT2D eigenvalue weighted by atomic mass is 79.9. The van der Waals surface area contributed by atoms with Gasteiger partial charge in [0.15, 0.2) is 4.80 Å². The number of para-hydroxylation sites is 1. The summed E-state index contributed by atoms with van der Waals surface area (Å²) in [5.41, 5.74) is 2.83. The normalized spacial score (nSPS) is 17.6. The molecule has 2 aromatic carbocycles. The lowest BCUT2D eigenvalue weighted by atomic mass is 9.94. The molecule has 0 bridgehead atoms. The van der Waals surface area contributed by atoms with Gasteiger partial charge in [-0.25, -0.2) is 4.99 Å². The average molecular weight is 581 g/mol. The van der Waals surface area contributed by atoms with Gasteiger partial charge in [0.1, 0.15) is 16.3 Å². The summed E-state index contributed by atoms with van der Waals surface area (Å²) >= 11 is 4.61. The van der Waals surface area contributed by atoms with E-state index in [1.807, 2.05) is 44.2 Å². The fourth-order valence-electron chi connectivity index (χ4n) is 4.88. The van der Waals surface area contributed by atoms with Crippen LogP contribution < -0.4 is 24.9 Å². The third-order valence-electron chi connectivity index (χ3n) is 6.67. The van der Waals surface area contributed by atoms with Gasteiger partial charge >= 0.3 is 0 Å². The van der Waals surface area contributed by atoms with Crippen LogP contribution >= 0.6 is 27.3 Å². The molecular weight excluding hydrogens is 556 g/mol. The predicted octanol–water partition coefficient (Wildman–Crippen LogP) is 3.20. The number of halogens is 1. The number of benzene rings is 2. The molecule has 0 unspecified atom stereocenters. The highest BCUT2D eigenvalue weighted by Crippen LogP contribution is 2.36. The third kappa shape index (κ3) is 4.04. The molecule has 0 saturated carbocycles. The fraction of sp³-hybridized carbons (Fsp3) is 0.259. The molecule has 2 aliphatic heterocycles. The number of carbonyl (C=O) groups excluding carboxylic acids is 2. The Morgan fingerprint density at radius 1 is 1.19 bits per heavy atom. The number of aromatic nitrogens is 1. The maximum atomic E-state index is 14.1. The number of carbonyl (C=O) groups is 2. The number of ether oxygens (including phenoxy) is 1. The van der Waals surface area contributed by atoms with Crippen LogP contribution in [0.4, 0.5) is 5.69 Å². The van der Waals surface area contributed by atoms with E-state index >= 15 is 0 Å². The van der Waals surface area contributed by atoms with Crippen molar-refractivity contribution >= 4 is 50.3 Å². The Hall–Kier alpha value is -3.50. The molecule has 2 amide bonds. The van der Waals surface area contributed by atoms with E-state index in [0.29, 0.717) is 57.3 Å². The lowest BCUT2D eigenvalue weighted by molar-refractivity contribution is -0.127. The molecule has 0 radical (unpaired) electrons. The Morgan fingerprint density at radius 2 is 1.92 bits per heavy atom. The van der Waals surface area contributed by atoms with Crippen LogP contribution in [-0.4, -0.2) is 41.5 Å². The van der Waals surface area contributed by atoms with Crippen molar-refractivity contribution in [3.63, 3.8) is 0 Å². The number of allylic oxidation sites excluding steroid dienone is 1. The van der Waals surface area contributed by atoms with Crippen molar-refractivity contribution in [1.82, 2.24) is 9.47 Å². The molecule has 3 aromatic rings. The van der Waals surface area contributed by atoms with Gasteiger partial charge in [0, 0.05) is 34.4 Å². The van der Waals surface area contributed by atoms with Gasteiger partial charge in [0.05, 0.1) is 24.0 Å². The van der Waals surface area contributed by atoms with Crippen LogP contribution in [0.15, 0.2) is 68.0 Å². The summed E-state index contributed by atoms with van der Waals surface area (Å²) in [5.74, 6) is 0.0218. The minimum absolute atomic E-state index is 0.187. The SMILES string of the molecule is CCN(CC)C(=O)C1=C(C)N=c2s/c(=C3/C(=O)Nc4ccc(Br)cc43)c(=O)n2[C@@H]1c1ccccc1OC. The first-order valence-electron chi connectivity index (χ1n) is 11.9. The van der Waals surface area contributed by atoms with E-state index in [2.05, 4.69) is 21.2 Å². The number of hydrogen-bond acceptors (Lipinski definition) is 6. The Labute approximate surface area is 225 Å². The fourth-order valence-corrected chi connectivity index (χ4v) is 6.38. The molecule has 1 N–H and O–H groups in total. The zero-order valence-electron chi connectivity index (χ0n) is 20.8. The van der Waals surface area contributed by atoms with Crippen molar-refractivity contribution in [2.24, 2.45) is 4.99 Å². The quantitative estimate of drug-likeness (QED) is 0.501. The zero-order valence-corrected chi connectivity index (χ0v) is 23.2. The van der Waals surface area contributed by atoms with Crippen molar-refractivity contribution in [3.8, 4) is 5.75 Å². The molecule has 190 valence electrons. The van der Waals surface area contributed by atoms with E-state index in [9.17, 15) is 14.4 Å². The molecule has 37 heavy (non-hydrogen) atoms. The second-order valence-electron chi connectivity index (χ2n) is 8.64. The van der Waals surface area contributed by atoms with Crippen molar-refractivity contribution in [1.29, 1.82) is 0 Å². The maximum absolute atomic E-state index is 14.1. The molecule has 2 aliphatic rings.